The van der Waals surface area contributed by atoms with Gasteiger partial charge in [-0.2, -0.15) is 0 Å². The molecule has 24 heavy (non-hydrogen) atoms. The number of furan rings is 1. The first kappa shape index (κ1) is 15.5. The van der Waals surface area contributed by atoms with Crippen LogP contribution in [0.4, 0.5) is 0 Å². The molecule has 0 radical (unpaired) electrons. The second-order valence-electron chi connectivity index (χ2n) is 7.81. The second kappa shape index (κ2) is 5.50. The van der Waals surface area contributed by atoms with Gasteiger partial charge in [0.1, 0.15) is 17.1 Å². The molecule has 5 nitrogen and oxygen atoms in total. The number of rotatable bonds is 4. The van der Waals surface area contributed by atoms with Crippen LogP contribution >= 0.6 is 0 Å². The smallest absolute Gasteiger partial charge is 0.244 e. The van der Waals surface area contributed by atoms with Crippen molar-refractivity contribution in [2.45, 2.75) is 44.6 Å². The molecule has 1 aromatic rings. The van der Waals surface area contributed by atoms with E-state index in [0.29, 0.717) is 17.6 Å². The maximum atomic E-state index is 12.5. The molecule has 5 heteroatoms. The van der Waals surface area contributed by atoms with Crippen molar-refractivity contribution in [3.8, 4) is 0 Å². The van der Waals surface area contributed by atoms with Crippen LogP contribution in [-0.2, 0) is 9.59 Å². The van der Waals surface area contributed by atoms with E-state index in [0.717, 1.165) is 31.4 Å². The first-order valence-electron chi connectivity index (χ1n) is 8.84. The first-order chi connectivity index (χ1) is 11.5. The van der Waals surface area contributed by atoms with Crippen LogP contribution in [0.5, 0.6) is 0 Å². The zero-order chi connectivity index (χ0) is 16.9. The van der Waals surface area contributed by atoms with Gasteiger partial charge in [0.15, 0.2) is 0 Å². The van der Waals surface area contributed by atoms with Crippen molar-refractivity contribution in [1.29, 1.82) is 0 Å². The normalized spacial score (nSPS) is 37.0. The van der Waals surface area contributed by atoms with Gasteiger partial charge in [0.2, 0.25) is 11.8 Å². The number of carbonyl (C=O) groups excluding carboxylic acids is 2. The summed E-state index contributed by atoms with van der Waals surface area (Å²) in [7, 11) is 0. The average molecular weight is 328 g/mol. The van der Waals surface area contributed by atoms with Crippen LogP contribution in [0.25, 0.3) is 6.08 Å². The Labute approximate surface area is 141 Å². The molecule has 0 unspecified atom stereocenters. The van der Waals surface area contributed by atoms with E-state index in [4.69, 9.17) is 10.2 Å². The van der Waals surface area contributed by atoms with Gasteiger partial charge < -0.3 is 15.5 Å². The molecule has 0 aliphatic heterocycles. The third kappa shape index (κ3) is 2.38. The third-order valence-electron chi connectivity index (χ3n) is 6.32. The Bertz CT molecular complexity index is 675. The van der Waals surface area contributed by atoms with Crippen molar-refractivity contribution in [1.82, 2.24) is 5.32 Å². The Morgan fingerprint density at radius 2 is 1.79 bits per heavy atom. The lowest BCUT2D eigenvalue weighted by Crippen LogP contribution is -2.71. The summed E-state index contributed by atoms with van der Waals surface area (Å²) in [5.41, 5.74) is 4.95. The molecule has 128 valence electrons. The number of carbonyl (C=O) groups is 2. The number of primary amides is 1. The fourth-order valence-electron chi connectivity index (χ4n) is 5.54. The van der Waals surface area contributed by atoms with Gasteiger partial charge in [0, 0.05) is 6.08 Å². The lowest BCUT2D eigenvalue weighted by molar-refractivity contribution is -0.148. The van der Waals surface area contributed by atoms with Crippen LogP contribution in [0.1, 0.15) is 43.6 Å². The van der Waals surface area contributed by atoms with Crippen LogP contribution in [0, 0.1) is 30.6 Å². The second-order valence-corrected chi connectivity index (χ2v) is 7.81. The van der Waals surface area contributed by atoms with Gasteiger partial charge >= 0.3 is 0 Å². The van der Waals surface area contributed by atoms with Crippen LogP contribution in [-0.4, -0.2) is 17.4 Å². The monoisotopic (exact) mass is 328 g/mol. The molecule has 4 fully saturated rings. The highest BCUT2D eigenvalue weighted by Crippen LogP contribution is 2.58. The average Bonchev–Trinajstić information content (AvgIpc) is 2.93. The molecule has 4 bridgehead atoms. The van der Waals surface area contributed by atoms with Crippen molar-refractivity contribution in [3.63, 3.8) is 0 Å². The molecule has 4 aliphatic carbocycles. The Morgan fingerprint density at radius 3 is 2.29 bits per heavy atom. The molecule has 4 aliphatic rings. The van der Waals surface area contributed by atoms with Crippen LogP contribution in [0.3, 0.4) is 0 Å². The Hall–Kier alpha value is -2.04. The zero-order valence-corrected chi connectivity index (χ0v) is 14.0. The minimum atomic E-state index is -0.867. The summed E-state index contributed by atoms with van der Waals surface area (Å²) in [6.45, 7) is 1.86. The van der Waals surface area contributed by atoms with Crippen LogP contribution in [0.15, 0.2) is 22.6 Å². The van der Waals surface area contributed by atoms with Gasteiger partial charge in [0.05, 0.1) is 0 Å². The van der Waals surface area contributed by atoms with Crippen molar-refractivity contribution >= 4 is 17.9 Å². The summed E-state index contributed by atoms with van der Waals surface area (Å²) in [5.74, 6) is 2.58. The van der Waals surface area contributed by atoms with Gasteiger partial charge in [-0.3, -0.25) is 9.59 Å². The van der Waals surface area contributed by atoms with Gasteiger partial charge in [-0.15, -0.1) is 0 Å². The zero-order valence-electron chi connectivity index (χ0n) is 14.0. The third-order valence-corrected chi connectivity index (χ3v) is 6.32. The Balaban J connectivity index is 1.55. The molecule has 0 spiro atoms. The summed E-state index contributed by atoms with van der Waals surface area (Å²) < 4.78 is 5.43. The van der Waals surface area contributed by atoms with Crippen molar-refractivity contribution in [2.75, 3.05) is 0 Å². The number of hydrogen-bond acceptors (Lipinski definition) is 3. The molecule has 1 aromatic heterocycles. The minimum absolute atomic E-state index is 0.189. The van der Waals surface area contributed by atoms with Crippen molar-refractivity contribution in [2.24, 2.45) is 29.4 Å². The summed E-state index contributed by atoms with van der Waals surface area (Å²) in [5, 5.41) is 3.01. The maximum Gasteiger partial charge on any atom is 0.244 e. The highest BCUT2D eigenvalue weighted by molar-refractivity contribution is 5.97. The molecule has 5 rings (SSSR count). The molecular weight excluding hydrogens is 304 g/mol. The quantitative estimate of drug-likeness (QED) is 0.832. The van der Waals surface area contributed by atoms with Crippen LogP contribution < -0.4 is 11.1 Å². The Kier molecular flexibility index (Phi) is 3.55. The highest BCUT2D eigenvalue weighted by Gasteiger charge is 2.60. The largest absolute Gasteiger partial charge is 0.462 e. The van der Waals surface area contributed by atoms with Gasteiger partial charge in [0.25, 0.3) is 0 Å². The highest BCUT2D eigenvalue weighted by atomic mass is 16.3. The lowest BCUT2D eigenvalue weighted by atomic mass is 9.48. The van der Waals surface area contributed by atoms with Gasteiger partial charge in [-0.25, -0.2) is 0 Å². The predicted octanol–water partition coefficient (Wildman–Crippen LogP) is 2.40. The number of amides is 2. The van der Waals surface area contributed by atoms with Crippen molar-refractivity contribution in [3.05, 3.63) is 29.7 Å². The van der Waals surface area contributed by atoms with Gasteiger partial charge in [-0.05, 0) is 80.9 Å². The summed E-state index contributed by atoms with van der Waals surface area (Å²) in [6, 6.07) is 3.66. The number of nitrogens with two attached hydrogens (primary N) is 1. The van der Waals surface area contributed by atoms with Crippen molar-refractivity contribution < 1.29 is 14.0 Å². The van der Waals surface area contributed by atoms with Crippen LogP contribution in [0.2, 0.25) is 0 Å². The number of aryl methyl sites for hydroxylation is 1. The molecule has 3 N–H and O–H groups in total. The molecule has 4 saturated carbocycles. The van der Waals surface area contributed by atoms with E-state index < -0.39 is 5.54 Å². The lowest BCUT2D eigenvalue weighted by Gasteiger charge is -2.59. The summed E-state index contributed by atoms with van der Waals surface area (Å²) >= 11 is 0. The number of hydrogen-bond donors (Lipinski definition) is 2. The fourth-order valence-corrected chi connectivity index (χ4v) is 5.54. The van der Waals surface area contributed by atoms with E-state index in [1.165, 1.54) is 12.5 Å². The number of nitrogens with one attached hydrogen (secondary N) is 1. The molecule has 0 atom stereocenters. The van der Waals surface area contributed by atoms with E-state index in [9.17, 15) is 9.59 Å². The standard InChI is InChI=1S/C19H24N2O3/c1-11-2-3-16(24-11)4-5-17(22)21-19(18(20)23)14-7-12-6-13(9-14)10-15(19)8-12/h2-5,12-15H,6-10H2,1H3,(H2,20,23)(H,21,22)/b5-4+. The summed E-state index contributed by atoms with van der Waals surface area (Å²) in [6.07, 6.45) is 8.40. The minimum Gasteiger partial charge on any atom is -0.462 e. The molecule has 2 amide bonds. The predicted molar refractivity (Wildman–Crippen MR) is 89.6 cm³/mol. The molecular formula is C19H24N2O3. The maximum absolute atomic E-state index is 12.5. The van der Waals surface area contributed by atoms with E-state index in [-0.39, 0.29) is 23.7 Å². The van der Waals surface area contributed by atoms with E-state index in [2.05, 4.69) is 5.32 Å². The molecule has 0 saturated heterocycles. The summed E-state index contributed by atoms with van der Waals surface area (Å²) in [4.78, 5) is 24.9. The SMILES string of the molecule is Cc1ccc(/C=C/C(=O)NC2(C(N)=O)C3CC4CC(C3)CC2C4)o1. The fraction of sp³-hybridized carbons (Fsp3) is 0.579. The molecule has 1 heterocycles. The first-order valence-corrected chi connectivity index (χ1v) is 8.84. The molecule has 0 aromatic carbocycles. The van der Waals surface area contributed by atoms with E-state index >= 15 is 0 Å². The topological polar surface area (TPSA) is 85.3 Å². The van der Waals surface area contributed by atoms with E-state index in [1.807, 2.05) is 19.1 Å². The van der Waals surface area contributed by atoms with Gasteiger partial charge in [-0.1, -0.05) is 0 Å². The Morgan fingerprint density at radius 1 is 1.17 bits per heavy atom. The van der Waals surface area contributed by atoms with E-state index in [1.54, 1.807) is 6.08 Å².